The Morgan fingerprint density at radius 2 is 0.636 bits per heavy atom. The van der Waals surface area contributed by atoms with Crippen LogP contribution in [0.1, 0.15) is 22.3 Å². The van der Waals surface area contributed by atoms with Gasteiger partial charge in [-0.05, 0) is 55.5 Å². The number of alkyl halides is 9. The Morgan fingerprint density at radius 1 is 0.382 bits per heavy atom. The molecule has 2 heterocycles. The standard InChI is InChI=1S/C40H25F9N2O2P2/c1-24-2-14-30(15-3-24)54(52,31-16-8-27(9-17-31)38(41,42)43)34-22-6-25-4-5-26-7-23-35(51-37(26)36(25)50-34)55(53,32-18-10-28(11-19-32)39(44,45)46)33-20-12-29(13-21-33)40(47,48)49/h2-23H,1H3. The molecule has 7 aromatic rings. The second-order valence-electron chi connectivity index (χ2n) is 12.7. The van der Waals surface area contributed by atoms with E-state index in [0.29, 0.717) is 10.8 Å². The van der Waals surface area contributed by atoms with Gasteiger partial charge in [0.05, 0.1) is 27.7 Å². The van der Waals surface area contributed by atoms with Gasteiger partial charge in [-0.25, -0.2) is 9.97 Å². The number of pyridine rings is 2. The number of nitrogens with zero attached hydrogens (tertiary/aromatic N) is 2. The van der Waals surface area contributed by atoms with Crippen molar-refractivity contribution in [2.75, 3.05) is 0 Å². The molecule has 0 radical (unpaired) electrons. The lowest BCUT2D eigenvalue weighted by atomic mass is 10.1. The van der Waals surface area contributed by atoms with Crippen LogP contribution in [0, 0.1) is 6.92 Å². The van der Waals surface area contributed by atoms with Crippen LogP contribution in [-0.2, 0) is 27.7 Å². The molecule has 0 saturated carbocycles. The first-order valence-corrected chi connectivity index (χ1v) is 19.7. The molecule has 0 aliphatic rings. The smallest absolute Gasteiger partial charge is 0.307 e. The number of hydrogen-bond donors (Lipinski definition) is 0. The van der Waals surface area contributed by atoms with E-state index in [9.17, 15) is 39.5 Å². The highest BCUT2D eigenvalue weighted by Crippen LogP contribution is 2.45. The summed E-state index contributed by atoms with van der Waals surface area (Å²) in [6.07, 6.45) is -14.1. The van der Waals surface area contributed by atoms with Crippen LogP contribution in [-0.4, -0.2) is 9.97 Å². The van der Waals surface area contributed by atoms with E-state index >= 15 is 9.13 Å². The summed E-state index contributed by atoms with van der Waals surface area (Å²) in [5, 5.41) is 1.01. The fourth-order valence-electron chi connectivity index (χ4n) is 6.26. The Hall–Kier alpha value is -5.25. The molecule has 0 N–H and O–H groups in total. The van der Waals surface area contributed by atoms with E-state index in [-0.39, 0.29) is 43.1 Å². The summed E-state index contributed by atoms with van der Waals surface area (Å²) >= 11 is 0. The van der Waals surface area contributed by atoms with Crippen molar-refractivity contribution < 1.29 is 48.6 Å². The minimum Gasteiger partial charge on any atom is -0.307 e. The molecule has 7 rings (SSSR count). The van der Waals surface area contributed by atoms with E-state index in [1.165, 1.54) is 18.2 Å². The minimum absolute atomic E-state index is 0.00280. The van der Waals surface area contributed by atoms with Crippen molar-refractivity contribution in [1.29, 1.82) is 0 Å². The zero-order chi connectivity index (χ0) is 39.6. The maximum absolute atomic E-state index is 15.3. The summed E-state index contributed by atoms with van der Waals surface area (Å²) in [7, 11) is -8.26. The number of hydrogen-bond acceptors (Lipinski definition) is 4. The van der Waals surface area contributed by atoms with Gasteiger partial charge in [0.25, 0.3) is 0 Å². The van der Waals surface area contributed by atoms with E-state index in [1.54, 1.807) is 42.5 Å². The SMILES string of the molecule is Cc1ccc(P(=O)(c2ccc(C(F)(F)F)cc2)c2ccc3ccc4ccc(P(=O)(c5ccc(C(F)(F)F)cc5)c5ccc(C(F)(F)F)cc5)nc4c3n2)cc1. The van der Waals surface area contributed by atoms with Crippen LogP contribution in [0.25, 0.3) is 21.8 Å². The number of rotatable bonds is 6. The number of aryl methyl sites for hydroxylation is 1. The van der Waals surface area contributed by atoms with Crippen molar-refractivity contribution in [2.24, 2.45) is 0 Å². The third-order valence-electron chi connectivity index (χ3n) is 9.21. The molecular formula is C40H25F9N2O2P2. The molecule has 0 saturated heterocycles. The molecule has 0 aliphatic carbocycles. The summed E-state index contributed by atoms with van der Waals surface area (Å²) < 4.78 is 152. The molecule has 5 aromatic carbocycles. The van der Waals surface area contributed by atoms with Crippen molar-refractivity contribution in [3.63, 3.8) is 0 Å². The highest BCUT2D eigenvalue weighted by molar-refractivity contribution is 7.85. The van der Waals surface area contributed by atoms with Crippen molar-refractivity contribution in [3.8, 4) is 0 Å². The average molecular weight is 799 g/mol. The van der Waals surface area contributed by atoms with Gasteiger partial charge in [0.2, 0.25) is 0 Å². The lowest BCUT2D eigenvalue weighted by Crippen LogP contribution is -2.28. The molecule has 0 bridgehead atoms. The van der Waals surface area contributed by atoms with Gasteiger partial charge >= 0.3 is 18.5 Å². The first-order valence-electron chi connectivity index (χ1n) is 16.3. The predicted octanol–water partition coefficient (Wildman–Crippen LogP) is 9.43. The molecule has 0 fully saturated rings. The van der Waals surface area contributed by atoms with Crippen molar-refractivity contribution in [1.82, 2.24) is 9.97 Å². The Balaban J connectivity index is 1.45. The van der Waals surface area contributed by atoms with Gasteiger partial charge in [-0.15, -0.1) is 0 Å². The first-order chi connectivity index (χ1) is 25.8. The average Bonchev–Trinajstić information content (AvgIpc) is 3.16. The highest BCUT2D eigenvalue weighted by Gasteiger charge is 2.38. The second-order valence-corrected chi connectivity index (χ2v) is 18.2. The van der Waals surface area contributed by atoms with Crippen LogP contribution < -0.4 is 32.1 Å². The normalized spacial score (nSPS) is 13.9. The van der Waals surface area contributed by atoms with E-state index in [1.807, 2.05) is 6.92 Å². The van der Waals surface area contributed by atoms with E-state index in [2.05, 4.69) is 0 Å². The maximum atomic E-state index is 15.3. The van der Waals surface area contributed by atoms with Gasteiger partial charge in [-0.1, -0.05) is 90.5 Å². The van der Waals surface area contributed by atoms with E-state index in [0.717, 1.165) is 78.4 Å². The molecule has 1 unspecified atom stereocenters. The summed E-state index contributed by atoms with van der Waals surface area (Å²) in [5.41, 5.74) is -2.07. The minimum atomic E-state index is -4.72. The topological polar surface area (TPSA) is 59.9 Å². The largest absolute Gasteiger partial charge is 0.416 e. The second kappa shape index (κ2) is 13.5. The number of aromatic nitrogens is 2. The summed E-state index contributed by atoms with van der Waals surface area (Å²) in [6, 6.07) is 26.8. The molecule has 0 spiro atoms. The monoisotopic (exact) mass is 798 g/mol. The van der Waals surface area contributed by atoms with Gasteiger partial charge in [-0.2, -0.15) is 39.5 Å². The third-order valence-corrected chi connectivity index (χ3v) is 15.1. The zero-order valence-electron chi connectivity index (χ0n) is 28.2. The summed E-state index contributed by atoms with van der Waals surface area (Å²) in [5.74, 6) is 0. The molecule has 4 nitrogen and oxygen atoms in total. The van der Waals surface area contributed by atoms with Crippen LogP contribution >= 0.6 is 14.3 Å². The quantitative estimate of drug-likeness (QED) is 0.0957. The van der Waals surface area contributed by atoms with Crippen LogP contribution in [0.15, 0.2) is 133 Å². The molecule has 55 heavy (non-hydrogen) atoms. The molecule has 0 amide bonds. The van der Waals surface area contributed by atoms with Crippen molar-refractivity contribution >= 4 is 68.2 Å². The predicted molar refractivity (Wildman–Crippen MR) is 196 cm³/mol. The van der Waals surface area contributed by atoms with Gasteiger partial charge < -0.3 is 9.13 Å². The lowest BCUT2D eigenvalue weighted by molar-refractivity contribution is -0.138. The van der Waals surface area contributed by atoms with Gasteiger partial charge in [-0.3, -0.25) is 0 Å². The fraction of sp³-hybridized carbons (Fsp3) is 0.100. The van der Waals surface area contributed by atoms with Gasteiger partial charge in [0, 0.05) is 32.0 Å². The third kappa shape index (κ3) is 6.96. The van der Waals surface area contributed by atoms with Crippen LogP contribution in [0.5, 0.6) is 0 Å². The molecule has 1 atom stereocenters. The molecule has 2 aromatic heterocycles. The highest BCUT2D eigenvalue weighted by atomic mass is 31.2. The Labute approximate surface area is 307 Å². The van der Waals surface area contributed by atoms with Crippen molar-refractivity contribution in [2.45, 2.75) is 25.5 Å². The number of halogens is 9. The lowest BCUT2D eigenvalue weighted by Gasteiger charge is -2.21. The zero-order valence-corrected chi connectivity index (χ0v) is 30.0. The first kappa shape index (κ1) is 38.0. The summed E-state index contributed by atoms with van der Waals surface area (Å²) in [6.45, 7) is 1.81. The van der Waals surface area contributed by atoms with Crippen LogP contribution in [0.2, 0.25) is 0 Å². The Bertz CT molecular complexity index is 2600. The Kier molecular flexibility index (Phi) is 9.34. The summed E-state index contributed by atoms with van der Waals surface area (Å²) in [4.78, 5) is 9.48. The molecular weight excluding hydrogens is 773 g/mol. The fourth-order valence-corrected chi connectivity index (χ4v) is 11.2. The van der Waals surface area contributed by atoms with Gasteiger partial charge in [0.15, 0.2) is 14.3 Å². The van der Waals surface area contributed by atoms with Crippen LogP contribution in [0.4, 0.5) is 39.5 Å². The number of fused-ring (bicyclic) bond motifs is 3. The maximum Gasteiger partial charge on any atom is 0.416 e. The van der Waals surface area contributed by atoms with E-state index < -0.39 is 49.5 Å². The van der Waals surface area contributed by atoms with Crippen LogP contribution in [0.3, 0.4) is 0 Å². The molecule has 15 heteroatoms. The van der Waals surface area contributed by atoms with Crippen molar-refractivity contribution in [3.05, 3.63) is 156 Å². The van der Waals surface area contributed by atoms with Gasteiger partial charge in [0.1, 0.15) is 10.9 Å². The molecule has 280 valence electrons. The van der Waals surface area contributed by atoms with E-state index in [4.69, 9.17) is 9.97 Å². The number of benzene rings is 5. The molecule has 0 aliphatic heterocycles. The Morgan fingerprint density at radius 3 is 0.909 bits per heavy atom.